The Morgan fingerprint density at radius 3 is 2.27 bits per heavy atom. The number of hydrogen-bond acceptors (Lipinski definition) is 5. The highest BCUT2D eigenvalue weighted by Crippen LogP contribution is 2.13. The smallest absolute Gasteiger partial charge is 0.177 e. The van der Waals surface area contributed by atoms with E-state index in [4.69, 9.17) is 10.5 Å². The second-order valence-electron chi connectivity index (χ2n) is 2.88. The van der Waals surface area contributed by atoms with Gasteiger partial charge in [-0.15, -0.1) is 0 Å². The summed E-state index contributed by atoms with van der Waals surface area (Å²) in [5.41, 5.74) is 0.257. The Labute approximate surface area is 87.5 Å². The number of pyridine rings is 1. The molecule has 0 atom stereocenters. The van der Waals surface area contributed by atoms with Gasteiger partial charge in [-0.3, -0.25) is 4.98 Å². The Hall–Kier alpha value is -1.92. The lowest BCUT2D eigenvalue weighted by Crippen LogP contribution is -2.01. The molecule has 5 nitrogen and oxygen atoms in total. The summed E-state index contributed by atoms with van der Waals surface area (Å²) in [4.78, 5) is 3.83. The third-order valence-electron chi connectivity index (χ3n) is 1.74. The van der Waals surface area contributed by atoms with E-state index in [-0.39, 0.29) is 10.6 Å². The van der Waals surface area contributed by atoms with Crippen molar-refractivity contribution in [2.24, 2.45) is 0 Å². The molecule has 0 fully saturated rings. The lowest BCUT2D eigenvalue weighted by atomic mass is 10.1. The molecule has 0 amide bonds. The second kappa shape index (κ2) is 4.07. The molecule has 6 heteroatoms. The highest BCUT2D eigenvalue weighted by molar-refractivity contribution is 7.90. The van der Waals surface area contributed by atoms with Gasteiger partial charge in [-0.1, -0.05) is 0 Å². The van der Waals surface area contributed by atoms with Crippen molar-refractivity contribution in [3.05, 3.63) is 24.0 Å². The summed E-state index contributed by atoms with van der Waals surface area (Å²) >= 11 is 0. The molecule has 0 aliphatic heterocycles. The molecular weight excluding hydrogens is 214 g/mol. The lowest BCUT2D eigenvalue weighted by molar-refractivity contribution is 0.601. The van der Waals surface area contributed by atoms with Gasteiger partial charge in [-0.25, -0.2) is 8.42 Å². The second-order valence-corrected chi connectivity index (χ2v) is 4.90. The maximum Gasteiger partial charge on any atom is 0.177 e. The van der Waals surface area contributed by atoms with Crippen LogP contribution in [0.1, 0.15) is 11.6 Å². The maximum atomic E-state index is 11.1. The largest absolute Gasteiger partial charge is 0.257 e. The van der Waals surface area contributed by atoms with Crippen molar-refractivity contribution in [2.45, 2.75) is 10.8 Å². The minimum atomic E-state index is -3.29. The van der Waals surface area contributed by atoms with Gasteiger partial charge >= 0.3 is 0 Å². The van der Waals surface area contributed by atoms with E-state index >= 15 is 0 Å². The molecule has 0 spiro atoms. The quantitative estimate of drug-likeness (QED) is 0.729. The molecule has 0 aromatic carbocycles. The van der Waals surface area contributed by atoms with E-state index < -0.39 is 15.8 Å². The van der Waals surface area contributed by atoms with E-state index in [0.717, 1.165) is 12.5 Å². The minimum Gasteiger partial charge on any atom is -0.257 e. The highest BCUT2D eigenvalue weighted by atomic mass is 32.2. The number of sulfone groups is 1. The average Bonchev–Trinajstić information content (AvgIpc) is 2.19. The minimum absolute atomic E-state index is 0.0703. The van der Waals surface area contributed by atoms with Gasteiger partial charge in [0.05, 0.1) is 22.7 Å². The zero-order chi connectivity index (χ0) is 11.5. The van der Waals surface area contributed by atoms with Gasteiger partial charge in [0.15, 0.2) is 15.8 Å². The summed E-state index contributed by atoms with van der Waals surface area (Å²) in [7, 11) is -3.29. The molecule has 0 aliphatic rings. The van der Waals surface area contributed by atoms with Crippen LogP contribution in [0.5, 0.6) is 0 Å². The Morgan fingerprint density at radius 2 is 1.93 bits per heavy atom. The van der Waals surface area contributed by atoms with Gasteiger partial charge in [0, 0.05) is 12.5 Å². The van der Waals surface area contributed by atoms with Crippen LogP contribution in [0.15, 0.2) is 23.2 Å². The normalized spacial score (nSPS) is 10.7. The Kier molecular flexibility index (Phi) is 3.03. The van der Waals surface area contributed by atoms with Crippen molar-refractivity contribution in [2.75, 3.05) is 6.26 Å². The van der Waals surface area contributed by atoms with Crippen LogP contribution in [0, 0.1) is 22.7 Å². The molecule has 0 saturated heterocycles. The molecule has 0 bridgehead atoms. The Bertz CT molecular complexity index is 520. The summed E-state index contributed by atoms with van der Waals surface area (Å²) in [6.07, 6.45) is 2.21. The standard InChI is InChI=1S/C9H7N3O2S/c1-15(13,14)8-2-3-9(12-6-8)7(4-10)5-11/h2-3,6-7H,1H3. The molecule has 0 unspecified atom stereocenters. The van der Waals surface area contributed by atoms with Crippen LogP contribution in [0.2, 0.25) is 0 Å². The number of aromatic nitrogens is 1. The third-order valence-corrected chi connectivity index (χ3v) is 2.84. The molecule has 0 saturated carbocycles. The number of nitriles is 2. The van der Waals surface area contributed by atoms with E-state index in [2.05, 4.69) is 4.98 Å². The molecule has 76 valence electrons. The van der Waals surface area contributed by atoms with Crippen LogP contribution in [0.25, 0.3) is 0 Å². The molecule has 0 N–H and O–H groups in total. The molecule has 1 aromatic rings. The lowest BCUT2D eigenvalue weighted by Gasteiger charge is -2.00. The summed E-state index contributed by atoms with van der Waals surface area (Å²) in [5, 5.41) is 17.2. The van der Waals surface area contributed by atoms with Crippen molar-refractivity contribution in [1.29, 1.82) is 10.5 Å². The summed E-state index contributed by atoms with van der Waals surface area (Å²) in [5.74, 6) is -0.960. The van der Waals surface area contributed by atoms with Crippen LogP contribution in [-0.2, 0) is 9.84 Å². The van der Waals surface area contributed by atoms with Crippen molar-refractivity contribution in [3.8, 4) is 12.1 Å². The van der Waals surface area contributed by atoms with Crippen molar-refractivity contribution >= 4 is 9.84 Å². The van der Waals surface area contributed by atoms with E-state index in [1.165, 1.54) is 12.1 Å². The zero-order valence-corrected chi connectivity index (χ0v) is 8.69. The van der Waals surface area contributed by atoms with Crippen LogP contribution in [0.3, 0.4) is 0 Å². The van der Waals surface area contributed by atoms with Crippen LogP contribution >= 0.6 is 0 Å². The Balaban J connectivity index is 3.13. The summed E-state index contributed by atoms with van der Waals surface area (Å²) in [6.45, 7) is 0. The molecule has 1 heterocycles. The first-order valence-corrected chi connectivity index (χ1v) is 5.83. The average molecular weight is 221 g/mol. The van der Waals surface area contributed by atoms with Gasteiger partial charge in [0.25, 0.3) is 0 Å². The number of hydrogen-bond donors (Lipinski definition) is 0. The summed E-state index contributed by atoms with van der Waals surface area (Å²) < 4.78 is 22.2. The van der Waals surface area contributed by atoms with E-state index in [1.807, 2.05) is 0 Å². The number of nitrogens with zero attached hydrogens (tertiary/aromatic N) is 3. The highest BCUT2D eigenvalue weighted by Gasteiger charge is 2.12. The van der Waals surface area contributed by atoms with Crippen LogP contribution in [-0.4, -0.2) is 19.7 Å². The van der Waals surface area contributed by atoms with E-state index in [9.17, 15) is 8.42 Å². The first-order valence-electron chi connectivity index (χ1n) is 3.94. The van der Waals surface area contributed by atoms with E-state index in [0.29, 0.717) is 0 Å². The van der Waals surface area contributed by atoms with Crippen LogP contribution < -0.4 is 0 Å². The fourth-order valence-electron chi connectivity index (χ4n) is 0.943. The predicted octanol–water partition coefficient (Wildman–Crippen LogP) is 0.616. The molecule has 1 aromatic heterocycles. The van der Waals surface area contributed by atoms with Gasteiger partial charge in [0.2, 0.25) is 0 Å². The van der Waals surface area contributed by atoms with Crippen molar-refractivity contribution in [1.82, 2.24) is 4.98 Å². The predicted molar refractivity (Wildman–Crippen MR) is 51.3 cm³/mol. The topological polar surface area (TPSA) is 94.6 Å². The first kappa shape index (κ1) is 11.2. The Morgan fingerprint density at radius 1 is 1.33 bits per heavy atom. The first-order chi connectivity index (χ1) is 6.99. The third kappa shape index (κ3) is 2.52. The zero-order valence-electron chi connectivity index (χ0n) is 7.88. The fraction of sp³-hybridized carbons (Fsp3) is 0.222. The molecule has 0 aliphatic carbocycles. The molecule has 1 rings (SSSR count). The van der Waals surface area contributed by atoms with Gasteiger partial charge in [-0.05, 0) is 12.1 Å². The fourth-order valence-corrected chi connectivity index (χ4v) is 1.50. The van der Waals surface area contributed by atoms with Crippen molar-refractivity contribution in [3.63, 3.8) is 0 Å². The maximum absolute atomic E-state index is 11.1. The van der Waals surface area contributed by atoms with Gasteiger partial charge in [-0.2, -0.15) is 10.5 Å². The molecular formula is C9H7N3O2S. The summed E-state index contributed by atoms with van der Waals surface area (Å²) in [6, 6.07) is 6.21. The van der Waals surface area contributed by atoms with Crippen LogP contribution in [0.4, 0.5) is 0 Å². The molecule has 15 heavy (non-hydrogen) atoms. The van der Waals surface area contributed by atoms with Crippen molar-refractivity contribution < 1.29 is 8.42 Å². The molecule has 0 radical (unpaired) electrons. The van der Waals surface area contributed by atoms with Gasteiger partial charge in [0.1, 0.15) is 0 Å². The monoisotopic (exact) mass is 221 g/mol. The van der Waals surface area contributed by atoms with E-state index in [1.54, 1.807) is 12.1 Å². The SMILES string of the molecule is CS(=O)(=O)c1ccc(C(C#N)C#N)nc1. The van der Waals surface area contributed by atoms with Gasteiger partial charge < -0.3 is 0 Å². The number of rotatable bonds is 2.